The number of carbonyl (C=O) groups excluding carboxylic acids is 1. The highest BCUT2D eigenvalue weighted by atomic mass is 16.2. The zero-order chi connectivity index (χ0) is 12.5. The predicted octanol–water partition coefficient (Wildman–Crippen LogP) is 1.21. The van der Waals surface area contributed by atoms with Crippen LogP contribution < -0.4 is 5.73 Å². The third kappa shape index (κ3) is 1.79. The van der Waals surface area contributed by atoms with Gasteiger partial charge in [-0.3, -0.25) is 4.79 Å². The fraction of sp³-hybridized carbons (Fsp3) is 0.154. The first-order chi connectivity index (χ1) is 8.74. The Bertz CT molecular complexity index is 569. The number of amides is 1. The molecule has 3 rings (SSSR count). The third-order valence-electron chi connectivity index (χ3n) is 3.03. The van der Waals surface area contributed by atoms with Gasteiger partial charge in [0.25, 0.3) is 5.91 Å². The van der Waals surface area contributed by atoms with Crippen molar-refractivity contribution in [2.24, 2.45) is 0 Å². The summed E-state index contributed by atoms with van der Waals surface area (Å²) in [6, 6.07) is 11.2. The zero-order valence-electron chi connectivity index (χ0n) is 9.71. The first kappa shape index (κ1) is 10.7. The van der Waals surface area contributed by atoms with E-state index in [1.54, 1.807) is 17.0 Å². The average Bonchev–Trinajstić information content (AvgIpc) is 2.82. The van der Waals surface area contributed by atoms with Gasteiger partial charge in [-0.1, -0.05) is 24.3 Å². The van der Waals surface area contributed by atoms with Crippen LogP contribution in [-0.4, -0.2) is 21.0 Å². The molecule has 0 spiro atoms. The first-order valence-electron chi connectivity index (χ1n) is 5.69. The number of benzene rings is 1. The molecule has 1 aliphatic heterocycles. The molecule has 5 nitrogen and oxygen atoms in total. The molecule has 0 bridgehead atoms. The summed E-state index contributed by atoms with van der Waals surface area (Å²) in [5, 5.41) is 7.52. The van der Waals surface area contributed by atoms with Crippen LogP contribution >= 0.6 is 0 Å². The Morgan fingerprint density at radius 3 is 2.28 bits per heavy atom. The molecule has 0 saturated heterocycles. The maximum absolute atomic E-state index is 12.2. The van der Waals surface area contributed by atoms with Gasteiger partial charge in [0.2, 0.25) is 0 Å². The molecule has 0 aliphatic carbocycles. The van der Waals surface area contributed by atoms with Crippen LogP contribution in [0.1, 0.15) is 21.6 Å². The number of nitrogens with zero attached hydrogens (tertiary/aromatic N) is 3. The Kier molecular flexibility index (Phi) is 2.44. The number of nitrogens with two attached hydrogens (primary N) is 1. The Labute approximate surface area is 104 Å². The van der Waals surface area contributed by atoms with Crippen LogP contribution in [0.5, 0.6) is 0 Å². The summed E-state index contributed by atoms with van der Waals surface area (Å²) in [6.07, 6.45) is 0. The average molecular weight is 240 g/mol. The number of rotatable bonds is 1. The lowest BCUT2D eigenvalue weighted by molar-refractivity contribution is 0.0744. The van der Waals surface area contributed by atoms with E-state index >= 15 is 0 Å². The van der Waals surface area contributed by atoms with Gasteiger partial charge < -0.3 is 10.6 Å². The molecule has 1 aromatic heterocycles. The number of hydrogen-bond donors (Lipinski definition) is 1. The molecular formula is C13H12N4O. The molecule has 0 atom stereocenters. The van der Waals surface area contributed by atoms with Crippen LogP contribution in [0, 0.1) is 0 Å². The van der Waals surface area contributed by atoms with Gasteiger partial charge in [-0.15, -0.1) is 10.2 Å². The van der Waals surface area contributed by atoms with Gasteiger partial charge >= 0.3 is 0 Å². The second kappa shape index (κ2) is 4.10. The van der Waals surface area contributed by atoms with Crippen LogP contribution in [0.4, 0.5) is 5.82 Å². The SMILES string of the molecule is Nc1ccc(C(=O)N2Cc3ccccc3C2)nn1. The first-order valence-corrected chi connectivity index (χ1v) is 5.69. The van der Waals surface area contributed by atoms with Crippen molar-refractivity contribution in [2.45, 2.75) is 13.1 Å². The van der Waals surface area contributed by atoms with Gasteiger partial charge in [-0.25, -0.2) is 0 Å². The second-order valence-corrected chi connectivity index (χ2v) is 4.27. The summed E-state index contributed by atoms with van der Waals surface area (Å²) < 4.78 is 0. The van der Waals surface area contributed by atoms with Gasteiger partial charge in [-0.2, -0.15) is 0 Å². The van der Waals surface area contributed by atoms with Crippen LogP contribution in [0.2, 0.25) is 0 Å². The lowest BCUT2D eigenvalue weighted by Gasteiger charge is -2.14. The fourth-order valence-corrected chi connectivity index (χ4v) is 2.10. The molecule has 2 N–H and O–H groups in total. The van der Waals surface area contributed by atoms with Crippen molar-refractivity contribution < 1.29 is 4.79 Å². The summed E-state index contributed by atoms with van der Waals surface area (Å²) in [6.45, 7) is 1.25. The highest BCUT2D eigenvalue weighted by Gasteiger charge is 2.24. The quantitative estimate of drug-likeness (QED) is 0.813. The van der Waals surface area contributed by atoms with Crippen LogP contribution in [0.25, 0.3) is 0 Å². The monoisotopic (exact) mass is 240 g/mol. The van der Waals surface area contributed by atoms with Crippen LogP contribution in [0.15, 0.2) is 36.4 Å². The normalized spacial score (nSPS) is 13.4. The second-order valence-electron chi connectivity index (χ2n) is 4.27. The zero-order valence-corrected chi connectivity index (χ0v) is 9.71. The molecule has 2 aromatic rings. The predicted molar refractivity (Wildman–Crippen MR) is 66.5 cm³/mol. The number of nitrogen functional groups attached to an aromatic ring is 1. The van der Waals surface area contributed by atoms with E-state index in [0.717, 1.165) is 0 Å². The number of anilines is 1. The molecule has 0 unspecified atom stereocenters. The number of fused-ring (bicyclic) bond motifs is 1. The minimum Gasteiger partial charge on any atom is -0.382 e. The van der Waals surface area contributed by atoms with E-state index < -0.39 is 0 Å². The maximum atomic E-state index is 12.2. The van der Waals surface area contributed by atoms with Crippen molar-refractivity contribution in [3.63, 3.8) is 0 Å². The van der Waals surface area contributed by atoms with E-state index in [1.165, 1.54) is 11.1 Å². The minimum atomic E-state index is -0.112. The van der Waals surface area contributed by atoms with Gasteiger partial charge in [0.1, 0.15) is 5.82 Å². The lowest BCUT2D eigenvalue weighted by Crippen LogP contribution is -2.26. The Morgan fingerprint density at radius 1 is 1.06 bits per heavy atom. The van der Waals surface area contributed by atoms with Crippen LogP contribution in [-0.2, 0) is 13.1 Å². The van der Waals surface area contributed by atoms with Crippen molar-refractivity contribution in [3.8, 4) is 0 Å². The lowest BCUT2D eigenvalue weighted by atomic mass is 10.1. The summed E-state index contributed by atoms with van der Waals surface area (Å²) in [4.78, 5) is 14.0. The number of aromatic nitrogens is 2. The molecule has 1 amide bonds. The van der Waals surface area contributed by atoms with Crippen LogP contribution in [0.3, 0.4) is 0 Å². The summed E-state index contributed by atoms with van der Waals surface area (Å²) in [5.41, 5.74) is 8.16. The molecular weight excluding hydrogens is 228 g/mol. The molecule has 1 aromatic carbocycles. The van der Waals surface area contributed by atoms with E-state index in [-0.39, 0.29) is 5.91 Å². The molecule has 0 saturated carbocycles. The van der Waals surface area contributed by atoms with E-state index in [0.29, 0.717) is 24.6 Å². The molecule has 18 heavy (non-hydrogen) atoms. The van der Waals surface area contributed by atoms with Crippen molar-refractivity contribution in [1.29, 1.82) is 0 Å². The molecule has 1 aliphatic rings. The molecule has 90 valence electrons. The Hall–Kier alpha value is -2.43. The molecule has 2 heterocycles. The fourth-order valence-electron chi connectivity index (χ4n) is 2.10. The Morgan fingerprint density at radius 2 is 1.72 bits per heavy atom. The minimum absolute atomic E-state index is 0.112. The topological polar surface area (TPSA) is 72.1 Å². The maximum Gasteiger partial charge on any atom is 0.274 e. The largest absolute Gasteiger partial charge is 0.382 e. The number of carbonyl (C=O) groups is 1. The van der Waals surface area contributed by atoms with Gasteiger partial charge in [0.05, 0.1) is 0 Å². The van der Waals surface area contributed by atoms with Gasteiger partial charge in [0.15, 0.2) is 5.69 Å². The van der Waals surface area contributed by atoms with E-state index in [9.17, 15) is 4.79 Å². The highest BCUT2D eigenvalue weighted by molar-refractivity contribution is 5.92. The smallest absolute Gasteiger partial charge is 0.274 e. The van der Waals surface area contributed by atoms with Gasteiger partial charge in [0, 0.05) is 13.1 Å². The Balaban J connectivity index is 1.82. The summed E-state index contributed by atoms with van der Waals surface area (Å²) in [7, 11) is 0. The standard InChI is InChI=1S/C13H12N4O/c14-12-6-5-11(15-16-12)13(18)17-7-9-3-1-2-4-10(9)8-17/h1-6H,7-8H2,(H2,14,16). The van der Waals surface area contributed by atoms with Crippen molar-refractivity contribution >= 4 is 11.7 Å². The van der Waals surface area contributed by atoms with E-state index in [2.05, 4.69) is 10.2 Å². The molecule has 0 radical (unpaired) electrons. The summed E-state index contributed by atoms with van der Waals surface area (Å²) in [5.74, 6) is 0.204. The van der Waals surface area contributed by atoms with E-state index in [1.807, 2.05) is 24.3 Å². The van der Waals surface area contributed by atoms with Gasteiger partial charge in [-0.05, 0) is 23.3 Å². The highest BCUT2D eigenvalue weighted by Crippen LogP contribution is 2.23. The van der Waals surface area contributed by atoms with E-state index in [4.69, 9.17) is 5.73 Å². The molecule has 5 heteroatoms. The molecule has 0 fully saturated rings. The van der Waals surface area contributed by atoms with Crippen molar-refractivity contribution in [1.82, 2.24) is 15.1 Å². The summed E-state index contributed by atoms with van der Waals surface area (Å²) >= 11 is 0. The third-order valence-corrected chi connectivity index (χ3v) is 3.03. The van der Waals surface area contributed by atoms with Crippen molar-refractivity contribution in [2.75, 3.05) is 5.73 Å². The van der Waals surface area contributed by atoms with Crippen molar-refractivity contribution in [3.05, 3.63) is 53.2 Å². The number of hydrogen-bond acceptors (Lipinski definition) is 4.